The molecule has 0 unspecified atom stereocenters. The molecule has 3 rings (SSSR count). The van der Waals surface area contributed by atoms with Crippen LogP contribution in [0.3, 0.4) is 0 Å². The first-order valence-electron chi connectivity index (χ1n) is 9.82. The molecule has 2 aromatic carbocycles. The third-order valence-electron chi connectivity index (χ3n) is 4.39. The lowest BCUT2D eigenvalue weighted by Gasteiger charge is -2.13. The fourth-order valence-electron chi connectivity index (χ4n) is 2.88. The summed E-state index contributed by atoms with van der Waals surface area (Å²) in [6.07, 6.45) is 1.78. The van der Waals surface area contributed by atoms with Gasteiger partial charge in [-0.2, -0.15) is 0 Å². The summed E-state index contributed by atoms with van der Waals surface area (Å²) in [7, 11) is -3.73. The van der Waals surface area contributed by atoms with E-state index in [0.29, 0.717) is 24.5 Å². The fourth-order valence-corrected chi connectivity index (χ4v) is 4.25. The smallest absolute Gasteiger partial charge is 0.260 e. The number of benzene rings is 2. The van der Waals surface area contributed by atoms with Crippen molar-refractivity contribution in [3.8, 4) is 0 Å². The maximum Gasteiger partial charge on any atom is 0.260 e. The standard InChI is InChI=1S/C22H22ClFN4O3S/c1-2-12-32(30,31)28-18-10-9-17(23)20(21(18)24)22(29)27-16-8-11-19(26-14-16)25-13-15-6-4-3-5-7-15/h3-11,14,28H,2,12-13H2,1H3,(H,25,26)(H,27,29). The summed E-state index contributed by atoms with van der Waals surface area (Å²) < 4.78 is 41.0. The van der Waals surface area contributed by atoms with Gasteiger partial charge in [0.2, 0.25) is 10.0 Å². The second kappa shape index (κ2) is 10.4. The van der Waals surface area contributed by atoms with E-state index in [4.69, 9.17) is 11.6 Å². The van der Waals surface area contributed by atoms with Gasteiger partial charge in [-0.25, -0.2) is 17.8 Å². The van der Waals surface area contributed by atoms with E-state index in [9.17, 15) is 17.6 Å². The maximum atomic E-state index is 14.9. The van der Waals surface area contributed by atoms with Gasteiger partial charge in [0.15, 0.2) is 5.82 Å². The van der Waals surface area contributed by atoms with Gasteiger partial charge in [0.25, 0.3) is 5.91 Å². The summed E-state index contributed by atoms with van der Waals surface area (Å²) in [5.41, 5.74) is 0.611. The number of aromatic nitrogens is 1. The van der Waals surface area contributed by atoms with E-state index in [0.717, 1.165) is 5.56 Å². The Hall–Kier alpha value is -3.17. The van der Waals surface area contributed by atoms with Crippen molar-refractivity contribution in [1.82, 2.24) is 4.98 Å². The number of nitrogens with one attached hydrogen (secondary N) is 3. The van der Waals surface area contributed by atoms with Crippen LogP contribution in [0.1, 0.15) is 29.3 Å². The zero-order chi connectivity index (χ0) is 23.1. The molecule has 1 aromatic heterocycles. The predicted molar refractivity (Wildman–Crippen MR) is 125 cm³/mol. The fraction of sp³-hybridized carbons (Fsp3) is 0.182. The second-order valence-electron chi connectivity index (χ2n) is 6.93. The molecule has 0 saturated carbocycles. The molecular formula is C22H22ClFN4O3S. The van der Waals surface area contributed by atoms with Crippen molar-refractivity contribution in [1.29, 1.82) is 0 Å². The molecule has 0 aliphatic carbocycles. The summed E-state index contributed by atoms with van der Waals surface area (Å²) >= 11 is 6.02. The van der Waals surface area contributed by atoms with Crippen LogP contribution < -0.4 is 15.4 Å². The Bertz CT molecular complexity index is 1190. The number of pyridine rings is 1. The lowest BCUT2D eigenvalue weighted by molar-refractivity contribution is 0.102. The topological polar surface area (TPSA) is 100 Å². The SMILES string of the molecule is CCCS(=O)(=O)Nc1ccc(Cl)c(C(=O)Nc2ccc(NCc3ccccc3)nc2)c1F. The molecule has 0 spiro atoms. The zero-order valence-electron chi connectivity index (χ0n) is 17.2. The summed E-state index contributed by atoms with van der Waals surface area (Å²) in [6.45, 7) is 2.27. The molecule has 0 aliphatic rings. The van der Waals surface area contributed by atoms with Crippen molar-refractivity contribution in [2.75, 3.05) is 21.1 Å². The van der Waals surface area contributed by atoms with Crippen molar-refractivity contribution in [3.05, 3.63) is 82.8 Å². The highest BCUT2D eigenvalue weighted by Gasteiger charge is 2.22. The number of anilines is 3. The van der Waals surface area contributed by atoms with E-state index in [1.165, 1.54) is 18.3 Å². The molecule has 10 heteroatoms. The van der Waals surface area contributed by atoms with Gasteiger partial charge in [-0.3, -0.25) is 9.52 Å². The monoisotopic (exact) mass is 476 g/mol. The number of hydrogen-bond acceptors (Lipinski definition) is 5. The number of carbonyl (C=O) groups excluding carboxylic acids is 1. The Labute approximate surface area is 191 Å². The van der Waals surface area contributed by atoms with Gasteiger partial charge in [0.1, 0.15) is 5.82 Å². The number of carbonyl (C=O) groups is 1. The van der Waals surface area contributed by atoms with Gasteiger partial charge in [-0.1, -0.05) is 48.9 Å². The molecule has 1 heterocycles. The van der Waals surface area contributed by atoms with Crippen molar-refractivity contribution in [2.45, 2.75) is 19.9 Å². The van der Waals surface area contributed by atoms with E-state index in [2.05, 4.69) is 20.3 Å². The normalized spacial score (nSPS) is 11.1. The molecule has 0 radical (unpaired) electrons. The molecule has 7 nitrogen and oxygen atoms in total. The van der Waals surface area contributed by atoms with Gasteiger partial charge in [0, 0.05) is 6.54 Å². The molecule has 168 valence electrons. The average Bonchev–Trinajstić information content (AvgIpc) is 2.76. The van der Waals surface area contributed by atoms with Crippen molar-refractivity contribution < 1.29 is 17.6 Å². The lowest BCUT2D eigenvalue weighted by Crippen LogP contribution is -2.20. The minimum Gasteiger partial charge on any atom is -0.366 e. The third kappa shape index (κ3) is 6.18. The number of halogens is 2. The Kier molecular flexibility index (Phi) is 7.66. The van der Waals surface area contributed by atoms with E-state index >= 15 is 0 Å². The van der Waals surface area contributed by atoms with Crippen LogP contribution in [0, 0.1) is 5.82 Å². The van der Waals surface area contributed by atoms with Crippen LogP contribution in [-0.2, 0) is 16.6 Å². The van der Waals surface area contributed by atoms with Crippen molar-refractivity contribution in [3.63, 3.8) is 0 Å². The van der Waals surface area contributed by atoms with E-state index < -0.39 is 27.3 Å². The summed E-state index contributed by atoms with van der Waals surface area (Å²) in [5.74, 6) is -1.45. The minimum atomic E-state index is -3.73. The Morgan fingerprint density at radius 1 is 1.09 bits per heavy atom. The predicted octanol–water partition coefficient (Wildman–Crippen LogP) is 4.89. The molecule has 0 atom stereocenters. The third-order valence-corrected chi connectivity index (χ3v) is 6.19. The molecule has 0 aliphatic heterocycles. The van der Waals surface area contributed by atoms with Crippen LogP contribution in [0.15, 0.2) is 60.8 Å². The molecular weight excluding hydrogens is 455 g/mol. The largest absolute Gasteiger partial charge is 0.366 e. The van der Waals surface area contributed by atoms with Crippen molar-refractivity contribution in [2.24, 2.45) is 0 Å². The van der Waals surface area contributed by atoms with E-state index in [-0.39, 0.29) is 16.5 Å². The second-order valence-corrected chi connectivity index (χ2v) is 9.18. The highest BCUT2D eigenvalue weighted by molar-refractivity contribution is 7.92. The van der Waals surface area contributed by atoms with Crippen LogP contribution >= 0.6 is 11.6 Å². The number of rotatable bonds is 9. The summed E-state index contributed by atoms with van der Waals surface area (Å²) in [4.78, 5) is 16.9. The molecule has 3 aromatic rings. The highest BCUT2D eigenvalue weighted by Crippen LogP contribution is 2.27. The first-order valence-corrected chi connectivity index (χ1v) is 11.9. The molecule has 1 amide bonds. The number of sulfonamides is 1. The minimum absolute atomic E-state index is 0.146. The van der Waals surface area contributed by atoms with Crippen LogP contribution in [0.25, 0.3) is 0 Å². The quantitative estimate of drug-likeness (QED) is 0.408. The van der Waals surface area contributed by atoms with Crippen molar-refractivity contribution >= 4 is 44.7 Å². The summed E-state index contributed by atoms with van der Waals surface area (Å²) in [6, 6.07) is 15.5. The zero-order valence-corrected chi connectivity index (χ0v) is 18.8. The van der Waals surface area contributed by atoms with Crippen LogP contribution in [0.2, 0.25) is 5.02 Å². The molecule has 3 N–H and O–H groups in total. The maximum absolute atomic E-state index is 14.9. The molecule has 32 heavy (non-hydrogen) atoms. The van der Waals surface area contributed by atoms with Gasteiger partial charge in [-0.05, 0) is 36.2 Å². The van der Waals surface area contributed by atoms with Crippen LogP contribution in [-0.4, -0.2) is 25.1 Å². The van der Waals surface area contributed by atoms with Crippen LogP contribution in [0.5, 0.6) is 0 Å². The number of hydrogen-bond donors (Lipinski definition) is 3. The molecule has 0 bridgehead atoms. The van der Waals surface area contributed by atoms with Gasteiger partial charge in [0.05, 0.1) is 33.9 Å². The van der Waals surface area contributed by atoms with Gasteiger partial charge >= 0.3 is 0 Å². The lowest BCUT2D eigenvalue weighted by atomic mass is 10.1. The highest BCUT2D eigenvalue weighted by atomic mass is 35.5. The number of amides is 1. The Morgan fingerprint density at radius 3 is 2.50 bits per heavy atom. The first kappa shape index (κ1) is 23.5. The average molecular weight is 477 g/mol. The first-order chi connectivity index (χ1) is 15.3. The molecule has 0 fully saturated rings. The van der Waals surface area contributed by atoms with E-state index in [1.807, 2.05) is 30.3 Å². The number of nitrogens with zero attached hydrogens (tertiary/aromatic N) is 1. The van der Waals surface area contributed by atoms with E-state index in [1.54, 1.807) is 19.1 Å². The van der Waals surface area contributed by atoms with Gasteiger partial charge < -0.3 is 10.6 Å². The molecule has 0 saturated heterocycles. The Balaban J connectivity index is 1.70. The van der Waals surface area contributed by atoms with Gasteiger partial charge in [-0.15, -0.1) is 0 Å². The Morgan fingerprint density at radius 2 is 1.84 bits per heavy atom. The summed E-state index contributed by atoms with van der Waals surface area (Å²) in [5, 5.41) is 5.54. The van der Waals surface area contributed by atoms with Crippen LogP contribution in [0.4, 0.5) is 21.6 Å².